The van der Waals surface area contributed by atoms with E-state index in [9.17, 15) is 4.79 Å². The van der Waals surface area contributed by atoms with Gasteiger partial charge in [-0.05, 0) is 12.8 Å². The number of hydrogen-bond donors (Lipinski definition) is 0. The Hall–Kier alpha value is -1.91. The Kier molecular flexibility index (Phi) is 4.14. The maximum atomic E-state index is 11.9. The lowest BCUT2D eigenvalue weighted by molar-refractivity contribution is 0.0601. The highest BCUT2D eigenvalue weighted by Gasteiger charge is 2.23. The predicted octanol–water partition coefficient (Wildman–Crippen LogP) is 2.09. The largest absolute Gasteiger partial charge is 0.493 e. The molecule has 1 heterocycles. The van der Waals surface area contributed by atoms with Crippen LogP contribution in [0, 0.1) is 0 Å². The first-order valence-corrected chi connectivity index (χ1v) is 6.30. The fourth-order valence-corrected chi connectivity index (χ4v) is 2.36. The molecule has 2 rings (SSSR count). The number of rotatable bonds is 4. The Morgan fingerprint density at radius 1 is 1.05 bits per heavy atom. The zero-order valence-electron chi connectivity index (χ0n) is 11.6. The Balaban J connectivity index is 2.50. The highest BCUT2D eigenvalue weighted by atomic mass is 16.5. The van der Waals surface area contributed by atoms with Crippen LogP contribution in [0.2, 0.25) is 0 Å². The summed E-state index contributed by atoms with van der Waals surface area (Å²) in [5.41, 5.74) is 1.36. The molecule has 1 saturated heterocycles. The molecule has 5 heteroatoms. The number of carbonyl (C=O) groups is 1. The van der Waals surface area contributed by atoms with E-state index in [1.807, 2.05) is 6.07 Å². The van der Waals surface area contributed by atoms with E-state index in [0.717, 1.165) is 31.6 Å². The van der Waals surface area contributed by atoms with Crippen LogP contribution >= 0.6 is 0 Å². The number of hydrogen-bond acceptors (Lipinski definition) is 5. The summed E-state index contributed by atoms with van der Waals surface area (Å²) in [7, 11) is 4.52. The first-order valence-electron chi connectivity index (χ1n) is 6.30. The first-order chi connectivity index (χ1) is 9.21. The molecule has 0 saturated carbocycles. The molecule has 0 atom stereocenters. The van der Waals surface area contributed by atoms with Gasteiger partial charge < -0.3 is 19.1 Å². The zero-order chi connectivity index (χ0) is 13.8. The summed E-state index contributed by atoms with van der Waals surface area (Å²) in [6, 6.07) is 3.52. The van der Waals surface area contributed by atoms with E-state index in [1.165, 1.54) is 7.11 Å². The zero-order valence-corrected chi connectivity index (χ0v) is 11.6. The van der Waals surface area contributed by atoms with Gasteiger partial charge in [0.05, 0.1) is 32.6 Å². The fourth-order valence-electron chi connectivity index (χ4n) is 2.36. The van der Waals surface area contributed by atoms with E-state index in [4.69, 9.17) is 14.2 Å². The van der Waals surface area contributed by atoms with Gasteiger partial charge in [0.2, 0.25) is 0 Å². The van der Waals surface area contributed by atoms with Crippen molar-refractivity contribution in [3.8, 4) is 11.5 Å². The van der Waals surface area contributed by atoms with E-state index in [-0.39, 0.29) is 5.97 Å². The lowest BCUT2D eigenvalue weighted by Gasteiger charge is -2.22. The normalized spacial score (nSPS) is 14.4. The maximum Gasteiger partial charge on any atom is 0.340 e. The van der Waals surface area contributed by atoms with Crippen molar-refractivity contribution < 1.29 is 19.0 Å². The molecule has 0 spiro atoms. The third-order valence-corrected chi connectivity index (χ3v) is 3.35. The van der Waals surface area contributed by atoms with Crippen LogP contribution in [0.5, 0.6) is 11.5 Å². The molecule has 1 fully saturated rings. The van der Waals surface area contributed by atoms with Crippen molar-refractivity contribution in [2.24, 2.45) is 0 Å². The lowest BCUT2D eigenvalue weighted by Crippen LogP contribution is -2.21. The topological polar surface area (TPSA) is 48.0 Å². The highest BCUT2D eigenvalue weighted by molar-refractivity contribution is 5.97. The minimum absolute atomic E-state index is 0.358. The second-order valence-corrected chi connectivity index (χ2v) is 4.41. The Morgan fingerprint density at radius 2 is 1.63 bits per heavy atom. The van der Waals surface area contributed by atoms with Crippen LogP contribution in [-0.2, 0) is 4.74 Å². The Morgan fingerprint density at radius 3 is 2.16 bits per heavy atom. The maximum absolute atomic E-state index is 11.9. The van der Waals surface area contributed by atoms with E-state index in [0.29, 0.717) is 17.1 Å². The van der Waals surface area contributed by atoms with Crippen LogP contribution in [0.1, 0.15) is 23.2 Å². The summed E-state index contributed by atoms with van der Waals surface area (Å²) < 4.78 is 15.4. The summed E-state index contributed by atoms with van der Waals surface area (Å²) in [4.78, 5) is 14.1. The molecule has 1 aliphatic rings. The second kappa shape index (κ2) is 5.82. The van der Waals surface area contributed by atoms with Crippen LogP contribution in [0.15, 0.2) is 12.1 Å². The smallest absolute Gasteiger partial charge is 0.340 e. The van der Waals surface area contributed by atoms with Crippen molar-refractivity contribution in [2.45, 2.75) is 12.8 Å². The van der Waals surface area contributed by atoms with Crippen molar-refractivity contribution in [1.82, 2.24) is 0 Å². The third kappa shape index (κ3) is 2.59. The van der Waals surface area contributed by atoms with Crippen LogP contribution in [0.25, 0.3) is 0 Å². The fraction of sp³-hybridized carbons (Fsp3) is 0.500. The average molecular weight is 265 g/mol. The van der Waals surface area contributed by atoms with Crippen LogP contribution in [0.4, 0.5) is 5.69 Å². The minimum Gasteiger partial charge on any atom is -0.493 e. The minimum atomic E-state index is -0.358. The molecular weight excluding hydrogens is 246 g/mol. The molecule has 0 aromatic heterocycles. The highest BCUT2D eigenvalue weighted by Crippen LogP contribution is 2.36. The summed E-state index contributed by atoms with van der Waals surface area (Å²) in [6.45, 7) is 1.89. The average Bonchev–Trinajstić information content (AvgIpc) is 2.98. The molecule has 1 aliphatic heterocycles. The van der Waals surface area contributed by atoms with Gasteiger partial charge in [-0.15, -0.1) is 0 Å². The second-order valence-electron chi connectivity index (χ2n) is 4.41. The molecule has 19 heavy (non-hydrogen) atoms. The van der Waals surface area contributed by atoms with Crippen LogP contribution in [0.3, 0.4) is 0 Å². The number of nitrogens with zero attached hydrogens (tertiary/aromatic N) is 1. The molecule has 0 N–H and O–H groups in total. The number of ether oxygens (including phenoxy) is 3. The van der Waals surface area contributed by atoms with Gasteiger partial charge in [0.15, 0.2) is 11.5 Å². The van der Waals surface area contributed by atoms with Crippen molar-refractivity contribution in [3.05, 3.63) is 17.7 Å². The standard InChI is InChI=1S/C14H19NO4/c1-17-12-8-10(14(16)19-3)11(9-13(12)18-2)15-6-4-5-7-15/h8-9H,4-7H2,1-3H3. The van der Waals surface area contributed by atoms with Gasteiger partial charge in [-0.1, -0.05) is 0 Å². The van der Waals surface area contributed by atoms with Gasteiger partial charge in [-0.2, -0.15) is 0 Å². The summed E-state index contributed by atoms with van der Waals surface area (Å²) in [5.74, 6) is 0.797. The molecule has 0 unspecified atom stereocenters. The number of methoxy groups -OCH3 is 3. The predicted molar refractivity (Wildman–Crippen MR) is 72.3 cm³/mol. The molecule has 104 valence electrons. The van der Waals surface area contributed by atoms with E-state index >= 15 is 0 Å². The summed E-state index contributed by atoms with van der Waals surface area (Å²) in [5, 5.41) is 0. The van der Waals surface area contributed by atoms with Gasteiger partial charge in [0, 0.05) is 25.2 Å². The van der Waals surface area contributed by atoms with Gasteiger partial charge in [0.25, 0.3) is 0 Å². The Labute approximate surface area is 113 Å². The van der Waals surface area contributed by atoms with Gasteiger partial charge in [-0.25, -0.2) is 4.79 Å². The van der Waals surface area contributed by atoms with Crippen molar-refractivity contribution >= 4 is 11.7 Å². The number of esters is 1. The molecule has 1 aromatic carbocycles. The molecule has 1 aromatic rings. The summed E-state index contributed by atoms with van der Waals surface area (Å²) in [6.07, 6.45) is 2.27. The molecule has 5 nitrogen and oxygen atoms in total. The van der Waals surface area contributed by atoms with E-state index < -0.39 is 0 Å². The van der Waals surface area contributed by atoms with Crippen LogP contribution < -0.4 is 14.4 Å². The first kappa shape index (κ1) is 13.5. The molecule has 0 aliphatic carbocycles. The molecule has 0 radical (unpaired) electrons. The van der Waals surface area contributed by atoms with Gasteiger partial charge in [0.1, 0.15) is 0 Å². The molecular formula is C14H19NO4. The monoisotopic (exact) mass is 265 g/mol. The van der Waals surface area contributed by atoms with Gasteiger partial charge >= 0.3 is 5.97 Å². The van der Waals surface area contributed by atoms with Crippen molar-refractivity contribution in [1.29, 1.82) is 0 Å². The Bertz CT molecular complexity index is 467. The molecule has 0 bridgehead atoms. The van der Waals surface area contributed by atoms with Crippen LogP contribution in [-0.4, -0.2) is 40.4 Å². The van der Waals surface area contributed by atoms with Crippen molar-refractivity contribution in [2.75, 3.05) is 39.3 Å². The number of carbonyl (C=O) groups excluding carboxylic acids is 1. The van der Waals surface area contributed by atoms with Crippen molar-refractivity contribution in [3.63, 3.8) is 0 Å². The summed E-state index contributed by atoms with van der Waals surface area (Å²) >= 11 is 0. The number of anilines is 1. The quantitative estimate of drug-likeness (QED) is 0.780. The van der Waals surface area contributed by atoms with E-state index in [1.54, 1.807) is 20.3 Å². The number of benzene rings is 1. The third-order valence-electron chi connectivity index (χ3n) is 3.35. The molecule has 0 amide bonds. The van der Waals surface area contributed by atoms with Gasteiger partial charge in [-0.3, -0.25) is 0 Å². The SMILES string of the molecule is COC(=O)c1cc(OC)c(OC)cc1N1CCCC1. The lowest BCUT2D eigenvalue weighted by atomic mass is 10.1. The van der Waals surface area contributed by atoms with E-state index in [2.05, 4.69) is 4.90 Å².